The van der Waals surface area contributed by atoms with Gasteiger partial charge < -0.3 is 9.64 Å². The van der Waals surface area contributed by atoms with Gasteiger partial charge in [0.05, 0.1) is 6.10 Å². The summed E-state index contributed by atoms with van der Waals surface area (Å²) in [4.78, 5) is 13.7. The zero-order valence-electron chi connectivity index (χ0n) is 11.3. The van der Waals surface area contributed by atoms with Crippen LogP contribution in [0.2, 0.25) is 0 Å². The minimum atomic E-state index is -0.380. The fraction of sp³-hybridized carbons (Fsp3) is 0.533. The van der Waals surface area contributed by atoms with Crippen LogP contribution in [0, 0.1) is 5.82 Å². The highest BCUT2D eigenvalue weighted by molar-refractivity contribution is 5.94. The van der Waals surface area contributed by atoms with Crippen molar-refractivity contribution < 1.29 is 13.9 Å². The molecule has 1 unspecified atom stereocenters. The van der Waals surface area contributed by atoms with E-state index >= 15 is 0 Å². The lowest BCUT2D eigenvalue weighted by atomic mass is 10.1. The molecule has 19 heavy (non-hydrogen) atoms. The van der Waals surface area contributed by atoms with Gasteiger partial charge in [0, 0.05) is 25.8 Å². The molecule has 104 valence electrons. The number of hydrogen-bond donors (Lipinski definition) is 0. The monoisotopic (exact) mass is 265 g/mol. The van der Waals surface area contributed by atoms with E-state index < -0.39 is 0 Å². The highest BCUT2D eigenvalue weighted by Crippen LogP contribution is 2.16. The smallest absolute Gasteiger partial charge is 0.253 e. The summed E-state index contributed by atoms with van der Waals surface area (Å²) < 4.78 is 18.7. The molecule has 1 aromatic rings. The van der Waals surface area contributed by atoms with E-state index in [-0.39, 0.29) is 17.8 Å². The van der Waals surface area contributed by atoms with Gasteiger partial charge in [-0.2, -0.15) is 0 Å². The Bertz CT molecular complexity index is 430. The van der Waals surface area contributed by atoms with Crippen LogP contribution >= 0.6 is 0 Å². The summed E-state index contributed by atoms with van der Waals surface area (Å²) in [6, 6.07) is 5.81. The summed E-state index contributed by atoms with van der Waals surface area (Å²) in [6.07, 6.45) is 4.51. The molecule has 4 heteroatoms. The number of halogens is 1. The Balaban J connectivity index is 1.85. The molecule has 2 rings (SSSR count). The maximum absolute atomic E-state index is 13.1. The van der Waals surface area contributed by atoms with E-state index in [4.69, 9.17) is 4.74 Å². The lowest BCUT2D eigenvalue weighted by Crippen LogP contribution is -2.31. The Morgan fingerprint density at radius 2 is 2.32 bits per heavy atom. The number of carbonyl (C=O) groups excluding carboxylic acids is 1. The van der Waals surface area contributed by atoms with Crippen molar-refractivity contribution in [1.29, 1.82) is 0 Å². The van der Waals surface area contributed by atoms with Crippen molar-refractivity contribution in [1.82, 2.24) is 4.90 Å². The van der Waals surface area contributed by atoms with Crippen LogP contribution in [0.25, 0.3) is 0 Å². The molecular weight excluding hydrogens is 245 g/mol. The van der Waals surface area contributed by atoms with Crippen molar-refractivity contribution in [2.24, 2.45) is 0 Å². The summed E-state index contributed by atoms with van der Waals surface area (Å²) in [7, 11) is 1.75. The minimum Gasteiger partial charge on any atom is -0.378 e. The van der Waals surface area contributed by atoms with E-state index in [0.29, 0.717) is 12.1 Å². The first-order chi connectivity index (χ1) is 9.16. The van der Waals surface area contributed by atoms with Gasteiger partial charge in [-0.15, -0.1) is 0 Å². The van der Waals surface area contributed by atoms with Crippen LogP contribution in [0.4, 0.5) is 4.39 Å². The Kier molecular flexibility index (Phi) is 4.91. The van der Waals surface area contributed by atoms with E-state index in [1.807, 2.05) is 0 Å². The fourth-order valence-electron chi connectivity index (χ4n) is 2.32. The molecule has 1 fully saturated rings. The molecule has 0 spiro atoms. The first-order valence-corrected chi connectivity index (χ1v) is 6.79. The van der Waals surface area contributed by atoms with Gasteiger partial charge in [-0.25, -0.2) is 4.39 Å². The lowest BCUT2D eigenvalue weighted by Gasteiger charge is -2.25. The highest BCUT2D eigenvalue weighted by atomic mass is 19.1. The third kappa shape index (κ3) is 4.03. The number of rotatable bonds is 4. The summed E-state index contributed by atoms with van der Waals surface area (Å²) in [5, 5.41) is 0. The molecular formula is C15H20FNO2. The van der Waals surface area contributed by atoms with Crippen molar-refractivity contribution in [2.75, 3.05) is 20.2 Å². The third-order valence-corrected chi connectivity index (χ3v) is 3.48. The molecule has 1 aliphatic rings. The molecule has 3 nitrogen and oxygen atoms in total. The molecule has 0 N–H and O–H groups in total. The van der Waals surface area contributed by atoms with Crippen LogP contribution in [-0.4, -0.2) is 37.1 Å². The SMILES string of the molecule is CN(CCC1CCCCO1)C(=O)c1cccc(F)c1. The predicted molar refractivity (Wildman–Crippen MR) is 71.6 cm³/mol. The number of nitrogens with zero attached hydrogens (tertiary/aromatic N) is 1. The van der Waals surface area contributed by atoms with E-state index in [9.17, 15) is 9.18 Å². The molecule has 0 aromatic heterocycles. The van der Waals surface area contributed by atoms with Gasteiger partial charge in [-0.05, 0) is 43.9 Å². The van der Waals surface area contributed by atoms with Crippen LogP contribution in [0.1, 0.15) is 36.0 Å². The summed E-state index contributed by atoms with van der Waals surface area (Å²) >= 11 is 0. The molecule has 1 heterocycles. The van der Waals surface area contributed by atoms with Crippen LogP contribution in [0.15, 0.2) is 24.3 Å². The second-order valence-electron chi connectivity index (χ2n) is 5.01. The topological polar surface area (TPSA) is 29.5 Å². The minimum absolute atomic E-state index is 0.143. The molecule has 0 aliphatic carbocycles. The molecule has 1 aliphatic heterocycles. The van der Waals surface area contributed by atoms with Crippen molar-refractivity contribution in [3.8, 4) is 0 Å². The second kappa shape index (κ2) is 6.66. The zero-order valence-corrected chi connectivity index (χ0v) is 11.3. The van der Waals surface area contributed by atoms with Crippen molar-refractivity contribution >= 4 is 5.91 Å². The largest absolute Gasteiger partial charge is 0.378 e. The van der Waals surface area contributed by atoms with Gasteiger partial charge >= 0.3 is 0 Å². The number of carbonyl (C=O) groups is 1. The van der Waals surface area contributed by atoms with Gasteiger partial charge in [0.15, 0.2) is 0 Å². The quantitative estimate of drug-likeness (QED) is 0.837. The van der Waals surface area contributed by atoms with Crippen molar-refractivity contribution in [2.45, 2.75) is 31.8 Å². The lowest BCUT2D eigenvalue weighted by molar-refractivity contribution is 0.00708. The summed E-state index contributed by atoms with van der Waals surface area (Å²) in [6.45, 7) is 1.46. The highest BCUT2D eigenvalue weighted by Gasteiger charge is 2.17. The maximum Gasteiger partial charge on any atom is 0.253 e. The van der Waals surface area contributed by atoms with Gasteiger partial charge in [0.1, 0.15) is 5.82 Å². The summed E-state index contributed by atoms with van der Waals surface area (Å²) in [5.41, 5.74) is 0.395. The number of ether oxygens (including phenoxy) is 1. The van der Waals surface area contributed by atoms with Crippen molar-refractivity contribution in [3.63, 3.8) is 0 Å². The second-order valence-corrected chi connectivity index (χ2v) is 5.01. The Labute approximate surface area is 113 Å². The molecule has 1 aromatic carbocycles. The Morgan fingerprint density at radius 3 is 3.00 bits per heavy atom. The molecule has 1 amide bonds. The van der Waals surface area contributed by atoms with Crippen LogP contribution < -0.4 is 0 Å². The summed E-state index contributed by atoms with van der Waals surface area (Å²) in [5.74, 6) is -0.523. The first-order valence-electron chi connectivity index (χ1n) is 6.79. The number of benzene rings is 1. The third-order valence-electron chi connectivity index (χ3n) is 3.48. The van der Waals surface area contributed by atoms with E-state index in [0.717, 1.165) is 25.9 Å². The van der Waals surface area contributed by atoms with Crippen LogP contribution in [0.5, 0.6) is 0 Å². The van der Waals surface area contributed by atoms with Gasteiger partial charge in [-0.1, -0.05) is 6.07 Å². The fourth-order valence-corrected chi connectivity index (χ4v) is 2.32. The van der Waals surface area contributed by atoms with E-state index in [1.54, 1.807) is 24.1 Å². The van der Waals surface area contributed by atoms with Gasteiger partial charge in [-0.3, -0.25) is 4.79 Å². The average Bonchev–Trinajstić information content (AvgIpc) is 2.45. The zero-order chi connectivity index (χ0) is 13.7. The standard InChI is InChI=1S/C15H20FNO2/c1-17(9-8-14-7-2-3-10-19-14)15(18)12-5-4-6-13(16)11-12/h4-6,11,14H,2-3,7-10H2,1H3. The average molecular weight is 265 g/mol. The predicted octanol–water partition coefficient (Wildman–Crippen LogP) is 2.86. The van der Waals surface area contributed by atoms with E-state index in [1.165, 1.54) is 18.6 Å². The van der Waals surface area contributed by atoms with Crippen molar-refractivity contribution in [3.05, 3.63) is 35.6 Å². The molecule has 0 saturated carbocycles. The number of hydrogen-bond acceptors (Lipinski definition) is 2. The van der Waals surface area contributed by atoms with E-state index in [2.05, 4.69) is 0 Å². The van der Waals surface area contributed by atoms with Gasteiger partial charge in [0.25, 0.3) is 5.91 Å². The maximum atomic E-state index is 13.1. The molecule has 1 atom stereocenters. The number of amides is 1. The van der Waals surface area contributed by atoms with Gasteiger partial charge in [0.2, 0.25) is 0 Å². The molecule has 0 bridgehead atoms. The first kappa shape index (κ1) is 14.0. The van der Waals surface area contributed by atoms with Crippen LogP contribution in [-0.2, 0) is 4.74 Å². The Hall–Kier alpha value is -1.42. The van der Waals surface area contributed by atoms with Crippen LogP contribution in [0.3, 0.4) is 0 Å². The Morgan fingerprint density at radius 1 is 1.47 bits per heavy atom. The normalized spacial score (nSPS) is 19.2. The molecule has 0 radical (unpaired) electrons. The molecule has 1 saturated heterocycles.